The van der Waals surface area contributed by atoms with Crippen molar-refractivity contribution in [3.05, 3.63) is 28.3 Å². The summed E-state index contributed by atoms with van der Waals surface area (Å²) < 4.78 is 26.7. The second kappa shape index (κ2) is 9.38. The van der Waals surface area contributed by atoms with Crippen molar-refractivity contribution in [3.8, 4) is 0 Å². The van der Waals surface area contributed by atoms with Crippen LogP contribution in [-0.4, -0.2) is 85.8 Å². The third-order valence-electron chi connectivity index (χ3n) is 5.58. The lowest BCUT2D eigenvalue weighted by Crippen LogP contribution is -2.56. The topological polar surface area (TPSA) is 99.0 Å². The van der Waals surface area contributed by atoms with E-state index in [4.69, 9.17) is 0 Å². The van der Waals surface area contributed by atoms with Gasteiger partial charge in [0.15, 0.2) is 0 Å². The molecular formula is C19H33N5O4S. The summed E-state index contributed by atoms with van der Waals surface area (Å²) in [5, 5.41) is 14.8. The van der Waals surface area contributed by atoms with E-state index >= 15 is 0 Å². The highest BCUT2D eigenvalue weighted by molar-refractivity contribution is 7.89. The Hall–Kier alpha value is -1.75. The Labute approximate surface area is 173 Å². The summed E-state index contributed by atoms with van der Waals surface area (Å²) >= 11 is 0. The monoisotopic (exact) mass is 427 g/mol. The van der Waals surface area contributed by atoms with E-state index < -0.39 is 14.9 Å². The summed E-state index contributed by atoms with van der Waals surface area (Å²) in [5.74, 6) is 0. The first-order chi connectivity index (χ1) is 13.5. The van der Waals surface area contributed by atoms with Crippen LogP contribution in [0, 0.1) is 10.1 Å². The van der Waals surface area contributed by atoms with Crippen molar-refractivity contribution in [1.29, 1.82) is 0 Å². The predicted molar refractivity (Wildman–Crippen MR) is 115 cm³/mol. The van der Waals surface area contributed by atoms with Gasteiger partial charge in [0.25, 0.3) is 5.69 Å². The molecule has 1 aliphatic rings. The smallest absolute Gasteiger partial charge is 0.293 e. The Bertz CT molecular complexity index is 816. The van der Waals surface area contributed by atoms with Crippen molar-refractivity contribution in [1.82, 2.24) is 14.1 Å². The van der Waals surface area contributed by atoms with Crippen molar-refractivity contribution >= 4 is 21.4 Å². The van der Waals surface area contributed by atoms with Crippen LogP contribution >= 0.6 is 0 Å². The maximum atomic E-state index is 12.7. The first-order valence-electron chi connectivity index (χ1n) is 9.99. The molecule has 1 heterocycles. The van der Waals surface area contributed by atoms with Gasteiger partial charge in [0.05, 0.1) is 9.82 Å². The number of piperazine rings is 1. The van der Waals surface area contributed by atoms with Gasteiger partial charge in [-0.3, -0.25) is 15.0 Å². The molecule has 1 fully saturated rings. The van der Waals surface area contributed by atoms with Gasteiger partial charge in [0.2, 0.25) is 10.0 Å². The summed E-state index contributed by atoms with van der Waals surface area (Å²) in [4.78, 5) is 15.7. The van der Waals surface area contributed by atoms with Crippen molar-refractivity contribution in [2.24, 2.45) is 0 Å². The van der Waals surface area contributed by atoms with Gasteiger partial charge in [-0.05, 0) is 33.0 Å². The molecule has 2 rings (SSSR count). The maximum Gasteiger partial charge on any atom is 0.293 e. The van der Waals surface area contributed by atoms with Crippen LogP contribution in [0.25, 0.3) is 0 Å². The molecule has 29 heavy (non-hydrogen) atoms. The zero-order chi connectivity index (χ0) is 21.8. The first-order valence-corrected chi connectivity index (χ1v) is 11.4. The molecular weight excluding hydrogens is 394 g/mol. The average molecular weight is 428 g/mol. The van der Waals surface area contributed by atoms with Gasteiger partial charge in [-0.15, -0.1) is 0 Å². The molecule has 0 spiro atoms. The lowest BCUT2D eigenvalue weighted by molar-refractivity contribution is -0.384. The molecule has 1 N–H and O–H groups in total. The van der Waals surface area contributed by atoms with Gasteiger partial charge in [0.1, 0.15) is 5.69 Å². The standard InChI is InChI=1S/C19H33N5O4S/c1-6-23(7-2)29(27,28)16-8-9-17(18(14-16)24(25)26)20-15-19(3,4)22-12-10-21(5)11-13-22/h8-9,14,20H,6-7,10-13,15H2,1-5H3. The number of likely N-dealkylation sites (N-methyl/N-ethyl adjacent to an activating group) is 1. The van der Waals surface area contributed by atoms with E-state index in [-0.39, 0.29) is 16.1 Å². The molecule has 0 radical (unpaired) electrons. The van der Waals surface area contributed by atoms with E-state index in [1.54, 1.807) is 13.8 Å². The van der Waals surface area contributed by atoms with Crippen LogP contribution in [0.15, 0.2) is 23.1 Å². The van der Waals surface area contributed by atoms with E-state index in [1.165, 1.54) is 16.4 Å². The summed E-state index contributed by atoms with van der Waals surface area (Å²) in [5.41, 5.74) is -0.0933. The molecule has 1 aliphatic heterocycles. The van der Waals surface area contributed by atoms with Crippen LogP contribution in [0.5, 0.6) is 0 Å². The van der Waals surface area contributed by atoms with Crippen molar-refractivity contribution in [3.63, 3.8) is 0 Å². The fourth-order valence-electron chi connectivity index (χ4n) is 3.52. The molecule has 0 unspecified atom stereocenters. The number of nitro benzene ring substituents is 1. The molecule has 1 aromatic carbocycles. The number of anilines is 1. The maximum absolute atomic E-state index is 12.7. The number of hydrogen-bond donors (Lipinski definition) is 1. The molecule has 0 aliphatic carbocycles. The third kappa shape index (κ3) is 5.44. The summed E-state index contributed by atoms with van der Waals surface area (Å²) in [6.07, 6.45) is 0. The van der Waals surface area contributed by atoms with Gasteiger partial charge in [-0.1, -0.05) is 13.8 Å². The van der Waals surface area contributed by atoms with Crippen LogP contribution in [0.1, 0.15) is 27.7 Å². The highest BCUT2D eigenvalue weighted by Crippen LogP contribution is 2.30. The molecule has 9 nitrogen and oxygen atoms in total. The number of benzene rings is 1. The van der Waals surface area contributed by atoms with Crippen LogP contribution < -0.4 is 5.32 Å². The lowest BCUT2D eigenvalue weighted by Gasteiger charge is -2.43. The Morgan fingerprint density at radius 2 is 1.76 bits per heavy atom. The molecule has 0 atom stereocenters. The Morgan fingerprint density at radius 3 is 2.28 bits per heavy atom. The van der Waals surface area contributed by atoms with Gasteiger partial charge in [-0.2, -0.15) is 4.31 Å². The summed E-state index contributed by atoms with van der Waals surface area (Å²) in [6, 6.07) is 4.08. The molecule has 164 valence electrons. The minimum absolute atomic E-state index is 0.0585. The van der Waals surface area contributed by atoms with Gasteiger partial charge in [0, 0.05) is 57.4 Å². The SMILES string of the molecule is CCN(CC)S(=O)(=O)c1ccc(NCC(C)(C)N2CCN(C)CC2)c([N+](=O)[O-])c1. The Morgan fingerprint density at radius 1 is 1.17 bits per heavy atom. The second-order valence-electron chi connectivity index (χ2n) is 7.98. The molecule has 1 aromatic rings. The summed E-state index contributed by atoms with van der Waals surface area (Å²) in [6.45, 7) is 12.7. The quantitative estimate of drug-likeness (QED) is 0.476. The highest BCUT2D eigenvalue weighted by Gasteiger charge is 2.30. The molecule has 10 heteroatoms. The second-order valence-corrected chi connectivity index (χ2v) is 9.92. The molecule has 0 saturated carbocycles. The van der Waals surface area contributed by atoms with E-state index in [0.29, 0.717) is 25.3 Å². The largest absolute Gasteiger partial charge is 0.378 e. The predicted octanol–water partition coefficient (Wildman–Crippen LogP) is 2.06. The molecule has 0 aromatic heterocycles. The zero-order valence-corrected chi connectivity index (χ0v) is 18.8. The van der Waals surface area contributed by atoms with Crippen LogP contribution in [-0.2, 0) is 10.0 Å². The van der Waals surface area contributed by atoms with E-state index in [9.17, 15) is 18.5 Å². The van der Waals surface area contributed by atoms with Crippen molar-refractivity contribution in [2.75, 3.05) is 58.2 Å². The van der Waals surface area contributed by atoms with Crippen molar-refractivity contribution < 1.29 is 13.3 Å². The molecule has 0 bridgehead atoms. The van der Waals surface area contributed by atoms with E-state index in [2.05, 4.69) is 36.0 Å². The minimum atomic E-state index is -3.75. The fourth-order valence-corrected chi connectivity index (χ4v) is 5.00. The number of hydrogen-bond acceptors (Lipinski definition) is 7. The van der Waals surface area contributed by atoms with Gasteiger partial charge >= 0.3 is 0 Å². The Balaban J connectivity index is 2.22. The van der Waals surface area contributed by atoms with Crippen LogP contribution in [0.2, 0.25) is 0 Å². The van der Waals surface area contributed by atoms with Gasteiger partial charge in [-0.25, -0.2) is 8.42 Å². The zero-order valence-electron chi connectivity index (χ0n) is 18.0. The summed E-state index contributed by atoms with van der Waals surface area (Å²) in [7, 11) is -1.65. The number of nitro groups is 1. The first kappa shape index (κ1) is 23.5. The Kier molecular flexibility index (Phi) is 7.61. The van der Waals surface area contributed by atoms with Gasteiger partial charge < -0.3 is 10.2 Å². The van der Waals surface area contributed by atoms with E-state index in [0.717, 1.165) is 32.2 Å². The van der Waals surface area contributed by atoms with Crippen LogP contribution in [0.4, 0.5) is 11.4 Å². The number of rotatable bonds is 9. The molecule has 0 amide bonds. The van der Waals surface area contributed by atoms with Crippen molar-refractivity contribution in [2.45, 2.75) is 38.1 Å². The highest BCUT2D eigenvalue weighted by atomic mass is 32.2. The number of nitrogens with zero attached hydrogens (tertiary/aromatic N) is 4. The fraction of sp³-hybridized carbons (Fsp3) is 0.684. The normalized spacial score (nSPS) is 16.9. The van der Waals surface area contributed by atoms with Crippen LogP contribution in [0.3, 0.4) is 0 Å². The molecule has 1 saturated heterocycles. The lowest BCUT2D eigenvalue weighted by atomic mass is 10.0. The number of sulfonamides is 1. The average Bonchev–Trinajstić information content (AvgIpc) is 2.67. The minimum Gasteiger partial charge on any atom is -0.378 e. The van der Waals surface area contributed by atoms with E-state index in [1.807, 2.05) is 0 Å². The third-order valence-corrected chi connectivity index (χ3v) is 7.63. The number of nitrogens with one attached hydrogen (secondary N) is 1.